The van der Waals surface area contributed by atoms with Crippen molar-refractivity contribution in [2.24, 2.45) is 0 Å². The number of aliphatic hydroxyl groups excluding tert-OH is 1. The molecule has 0 aliphatic heterocycles. The van der Waals surface area contributed by atoms with E-state index in [1.807, 2.05) is 6.92 Å². The standard InChI is InChI=1S/C18H39NO.C4H6O6/c1-3-4-5-6-7-8-9-10-11-12-13-14-15-16-18(20)17(2)19;5-1-3(9-7)4(2-6)10-8/h17-18,20H,3-16,19H2,1-2H3;1-2,5-8H/p-1/b;3-1-,4-2+/t17-,18+;/m0./s1. The van der Waals surface area contributed by atoms with Crippen molar-refractivity contribution in [2.75, 3.05) is 0 Å². The number of unbranched alkanes of at least 4 members (excludes halogenated alkanes) is 12. The van der Waals surface area contributed by atoms with Gasteiger partial charge >= 0.3 is 0 Å². The van der Waals surface area contributed by atoms with E-state index in [0.29, 0.717) is 0 Å². The maximum Gasteiger partial charge on any atom is 0.194 e. The summed E-state index contributed by atoms with van der Waals surface area (Å²) >= 11 is 0. The highest BCUT2D eigenvalue weighted by Crippen LogP contribution is 2.13. The minimum Gasteiger partial charge on any atom is -0.875 e. The van der Waals surface area contributed by atoms with Gasteiger partial charge in [0.1, 0.15) is 12.1 Å². The van der Waals surface area contributed by atoms with E-state index in [1.165, 1.54) is 83.5 Å². The largest absolute Gasteiger partial charge is 0.875 e. The molecule has 0 radical (unpaired) electrons. The van der Waals surface area contributed by atoms with E-state index >= 15 is 0 Å². The van der Waals surface area contributed by atoms with Crippen LogP contribution in [0.5, 0.6) is 0 Å². The molecule has 6 N–H and O–H groups in total. The Morgan fingerprint density at radius 1 is 0.767 bits per heavy atom. The molecule has 0 saturated heterocycles. The molecule has 0 aliphatic rings. The van der Waals surface area contributed by atoms with Crippen LogP contribution < -0.4 is 15.9 Å². The first kappa shape index (κ1) is 30.7. The SMILES string of the molecule is CCCCCCCCCCCCCCC[C@@H](O)[C@H](C)[NH3+].[O-]/C=C(OO)/C(=C\[O-])OO. The van der Waals surface area contributed by atoms with E-state index in [-0.39, 0.29) is 24.7 Å². The summed E-state index contributed by atoms with van der Waals surface area (Å²) in [5, 5.41) is 44.9. The van der Waals surface area contributed by atoms with E-state index in [1.54, 1.807) is 0 Å². The minimum atomic E-state index is -0.794. The molecule has 180 valence electrons. The molecule has 0 amide bonds. The second-order valence-corrected chi connectivity index (χ2v) is 7.72. The Bertz CT molecular complexity index is 396. The summed E-state index contributed by atoms with van der Waals surface area (Å²) in [4.78, 5) is 6.68. The summed E-state index contributed by atoms with van der Waals surface area (Å²) < 4.78 is 0. The quantitative estimate of drug-likeness (QED) is 0.0850. The lowest BCUT2D eigenvalue weighted by atomic mass is 10.0. The molecular weight excluding hydrogens is 390 g/mol. The van der Waals surface area contributed by atoms with Crippen molar-refractivity contribution < 1.29 is 41.3 Å². The van der Waals surface area contributed by atoms with Crippen LogP contribution >= 0.6 is 0 Å². The lowest BCUT2D eigenvalue weighted by Crippen LogP contribution is -2.64. The number of hydrogen-bond acceptors (Lipinski definition) is 7. The Balaban J connectivity index is 0. The normalized spacial score (nSPS) is 13.9. The predicted octanol–water partition coefficient (Wildman–Crippen LogP) is 2.83. The molecule has 0 bridgehead atoms. The molecule has 0 rings (SSSR count). The number of aliphatic hydroxyl groups is 1. The van der Waals surface area contributed by atoms with E-state index in [4.69, 9.17) is 10.5 Å². The van der Waals surface area contributed by atoms with E-state index in [2.05, 4.69) is 22.4 Å². The number of hydrogen-bond donors (Lipinski definition) is 4. The maximum atomic E-state index is 9.80. The van der Waals surface area contributed by atoms with Crippen LogP contribution in [0.2, 0.25) is 0 Å². The molecule has 0 saturated carbocycles. The average Bonchev–Trinajstić information content (AvgIpc) is 2.75. The lowest BCUT2D eigenvalue weighted by molar-refractivity contribution is -0.432. The van der Waals surface area contributed by atoms with Crippen LogP contribution in [0.3, 0.4) is 0 Å². The molecular formula is C22H44NO7-. The van der Waals surface area contributed by atoms with Crippen LogP contribution in [0.15, 0.2) is 24.0 Å². The Hall–Kier alpha value is -1.48. The van der Waals surface area contributed by atoms with Crippen LogP contribution in [0.1, 0.15) is 104 Å². The lowest BCUT2D eigenvalue weighted by Gasteiger charge is -2.11. The second-order valence-electron chi connectivity index (χ2n) is 7.72. The third kappa shape index (κ3) is 19.8. The zero-order chi connectivity index (χ0) is 23.0. The first-order chi connectivity index (χ1) is 14.5. The van der Waals surface area contributed by atoms with Gasteiger partial charge < -0.3 is 30.8 Å². The molecule has 0 aromatic heterocycles. The van der Waals surface area contributed by atoms with Crippen molar-refractivity contribution in [3.63, 3.8) is 0 Å². The van der Waals surface area contributed by atoms with Gasteiger partial charge in [0.25, 0.3) is 0 Å². The second kappa shape index (κ2) is 23.8. The van der Waals surface area contributed by atoms with Crippen LogP contribution in [0.4, 0.5) is 0 Å². The highest BCUT2D eigenvalue weighted by atomic mass is 17.1. The van der Waals surface area contributed by atoms with Crippen molar-refractivity contribution in [1.29, 1.82) is 0 Å². The van der Waals surface area contributed by atoms with Gasteiger partial charge in [0.2, 0.25) is 0 Å². The van der Waals surface area contributed by atoms with Crippen molar-refractivity contribution in [3.05, 3.63) is 24.0 Å². The van der Waals surface area contributed by atoms with Gasteiger partial charge in [-0.3, -0.25) is 0 Å². The highest BCUT2D eigenvalue weighted by molar-refractivity contribution is 5.13. The predicted molar refractivity (Wildman–Crippen MR) is 112 cm³/mol. The van der Waals surface area contributed by atoms with E-state index in [9.17, 15) is 15.3 Å². The van der Waals surface area contributed by atoms with Gasteiger partial charge in [-0.25, -0.2) is 10.5 Å². The average molecular weight is 435 g/mol. The first-order valence-electron chi connectivity index (χ1n) is 11.3. The third-order valence-corrected chi connectivity index (χ3v) is 4.91. The molecule has 0 heterocycles. The summed E-state index contributed by atoms with van der Waals surface area (Å²) in [5.41, 5.74) is 3.87. The van der Waals surface area contributed by atoms with Gasteiger partial charge in [-0.2, -0.15) is 0 Å². The van der Waals surface area contributed by atoms with Gasteiger partial charge in [0.05, 0.1) is 0 Å². The maximum absolute atomic E-state index is 9.80. The fraction of sp³-hybridized carbons (Fsp3) is 0.818. The van der Waals surface area contributed by atoms with Gasteiger partial charge in [0.15, 0.2) is 11.5 Å². The highest BCUT2D eigenvalue weighted by Gasteiger charge is 2.11. The molecule has 0 fully saturated rings. The topological polar surface area (TPSA) is 153 Å². The van der Waals surface area contributed by atoms with Crippen molar-refractivity contribution in [1.82, 2.24) is 0 Å². The van der Waals surface area contributed by atoms with Gasteiger partial charge in [-0.15, -0.1) is 0 Å². The van der Waals surface area contributed by atoms with Crippen molar-refractivity contribution in [2.45, 2.75) is 116 Å². The summed E-state index contributed by atoms with van der Waals surface area (Å²) in [7, 11) is 0. The van der Waals surface area contributed by atoms with Crippen LogP contribution in [-0.2, 0) is 9.78 Å². The molecule has 8 nitrogen and oxygen atoms in total. The fourth-order valence-electron chi connectivity index (χ4n) is 2.90. The zero-order valence-electron chi connectivity index (χ0n) is 18.9. The molecule has 0 aliphatic carbocycles. The van der Waals surface area contributed by atoms with Crippen LogP contribution in [0, 0.1) is 0 Å². The molecule has 0 spiro atoms. The summed E-state index contributed by atoms with van der Waals surface area (Å²) in [5.74, 6) is -1.59. The Labute approximate surface area is 181 Å². The molecule has 8 heteroatoms. The monoisotopic (exact) mass is 434 g/mol. The third-order valence-electron chi connectivity index (χ3n) is 4.91. The summed E-state index contributed by atoms with van der Waals surface area (Å²) in [6, 6.07) is 0.173. The van der Waals surface area contributed by atoms with Crippen molar-refractivity contribution in [3.8, 4) is 0 Å². The number of quaternary nitrogens is 1. The van der Waals surface area contributed by atoms with Crippen molar-refractivity contribution >= 4 is 0 Å². The molecule has 0 aromatic rings. The summed E-state index contributed by atoms with van der Waals surface area (Å²) in [6.45, 7) is 4.27. The fourth-order valence-corrected chi connectivity index (χ4v) is 2.90. The van der Waals surface area contributed by atoms with Gasteiger partial charge in [-0.1, -0.05) is 103 Å². The molecule has 0 unspecified atom stereocenters. The summed E-state index contributed by atoms with van der Waals surface area (Å²) in [6.07, 6.45) is 18.7. The van der Waals surface area contributed by atoms with Gasteiger partial charge in [-0.05, 0) is 13.3 Å². The smallest absolute Gasteiger partial charge is 0.194 e. The molecule has 0 aromatic carbocycles. The Morgan fingerprint density at radius 3 is 1.37 bits per heavy atom. The minimum absolute atomic E-state index is 0.0000463. The number of rotatable bonds is 18. The van der Waals surface area contributed by atoms with E-state index in [0.717, 1.165) is 6.42 Å². The Morgan fingerprint density at radius 2 is 1.10 bits per heavy atom. The van der Waals surface area contributed by atoms with E-state index < -0.39 is 11.5 Å². The molecule has 2 atom stereocenters. The first-order valence-corrected chi connectivity index (χ1v) is 11.3. The Kier molecular flexibility index (Phi) is 24.4. The zero-order valence-corrected chi connectivity index (χ0v) is 18.9. The van der Waals surface area contributed by atoms with Crippen LogP contribution in [-0.4, -0.2) is 27.8 Å². The molecule has 30 heavy (non-hydrogen) atoms. The van der Waals surface area contributed by atoms with Gasteiger partial charge in [0, 0.05) is 0 Å². The van der Waals surface area contributed by atoms with Crippen LogP contribution in [0.25, 0.3) is 0 Å².